The molecule has 0 fully saturated rings. The minimum atomic E-state index is -0.0173. The number of hydrogen-bond donors (Lipinski definition) is 2. The molecule has 0 radical (unpaired) electrons. The van der Waals surface area contributed by atoms with Gasteiger partial charge in [0.05, 0.1) is 0 Å². The van der Waals surface area contributed by atoms with E-state index >= 15 is 0 Å². The van der Waals surface area contributed by atoms with Crippen LogP contribution in [0.5, 0.6) is 0 Å². The van der Waals surface area contributed by atoms with E-state index < -0.39 is 0 Å². The molecule has 96 valence electrons. The summed E-state index contributed by atoms with van der Waals surface area (Å²) in [6.07, 6.45) is 2.92. The average Bonchev–Trinajstić information content (AvgIpc) is 2.14. The second-order valence-corrected chi connectivity index (χ2v) is 5.75. The Morgan fingerprint density at radius 2 is 2.00 bits per heavy atom. The molecule has 2 N–H and O–H groups in total. The maximum absolute atomic E-state index is 4.42. The van der Waals surface area contributed by atoms with Crippen molar-refractivity contribution in [3.8, 4) is 0 Å². The quantitative estimate of drug-likeness (QED) is 0.824. The van der Waals surface area contributed by atoms with Crippen molar-refractivity contribution in [2.75, 3.05) is 17.2 Å². The van der Waals surface area contributed by atoms with E-state index in [-0.39, 0.29) is 5.54 Å². The van der Waals surface area contributed by atoms with Gasteiger partial charge in [0.1, 0.15) is 5.82 Å². The van der Waals surface area contributed by atoms with Gasteiger partial charge in [-0.15, -0.1) is 0 Å². The van der Waals surface area contributed by atoms with E-state index in [0.29, 0.717) is 11.9 Å². The molecule has 0 aromatic carbocycles. The van der Waals surface area contributed by atoms with Crippen LogP contribution in [-0.4, -0.2) is 22.1 Å². The summed E-state index contributed by atoms with van der Waals surface area (Å²) >= 11 is 0. The molecular weight excluding hydrogens is 212 g/mol. The largest absolute Gasteiger partial charge is 0.370 e. The minimum Gasteiger partial charge on any atom is -0.370 e. The molecule has 0 saturated carbocycles. The minimum absolute atomic E-state index is 0.0173. The van der Waals surface area contributed by atoms with E-state index in [2.05, 4.69) is 55.2 Å². The zero-order chi connectivity index (χ0) is 12.9. The van der Waals surface area contributed by atoms with Crippen LogP contribution >= 0.6 is 0 Å². The number of nitrogens with one attached hydrogen (secondary N) is 2. The topological polar surface area (TPSA) is 49.8 Å². The average molecular weight is 236 g/mol. The zero-order valence-electron chi connectivity index (χ0n) is 11.5. The lowest BCUT2D eigenvalue weighted by Gasteiger charge is -2.20. The highest BCUT2D eigenvalue weighted by atomic mass is 15.2. The molecule has 1 rings (SSSR count). The van der Waals surface area contributed by atoms with Gasteiger partial charge in [-0.3, -0.25) is 0 Å². The van der Waals surface area contributed by atoms with Gasteiger partial charge in [-0.25, -0.2) is 4.98 Å². The van der Waals surface area contributed by atoms with Gasteiger partial charge in [0.2, 0.25) is 5.95 Å². The summed E-state index contributed by atoms with van der Waals surface area (Å²) in [6, 6.07) is 1.90. The predicted octanol–water partition coefficient (Wildman–Crippen LogP) is 3.15. The van der Waals surface area contributed by atoms with Gasteiger partial charge in [0.25, 0.3) is 0 Å². The first-order chi connectivity index (χ1) is 7.87. The summed E-state index contributed by atoms with van der Waals surface area (Å²) in [5, 5.41) is 6.57. The van der Waals surface area contributed by atoms with Crippen molar-refractivity contribution in [2.45, 2.75) is 46.6 Å². The summed E-state index contributed by atoms with van der Waals surface area (Å²) in [4.78, 5) is 8.63. The Kier molecular flexibility index (Phi) is 4.73. The highest BCUT2D eigenvalue weighted by Gasteiger charge is 2.11. The molecule has 4 nitrogen and oxygen atoms in total. The van der Waals surface area contributed by atoms with Crippen LogP contribution < -0.4 is 10.6 Å². The first-order valence-electron chi connectivity index (χ1n) is 6.22. The van der Waals surface area contributed by atoms with Crippen LogP contribution in [0.2, 0.25) is 0 Å². The first kappa shape index (κ1) is 13.7. The molecule has 0 aliphatic heterocycles. The lowest BCUT2D eigenvalue weighted by atomic mass is 10.1. The molecule has 0 spiro atoms. The van der Waals surface area contributed by atoms with Crippen LogP contribution in [0, 0.1) is 5.92 Å². The van der Waals surface area contributed by atoms with Crippen LogP contribution in [-0.2, 0) is 0 Å². The smallest absolute Gasteiger partial charge is 0.224 e. The lowest BCUT2D eigenvalue weighted by Crippen LogP contribution is -2.27. The third-order valence-electron chi connectivity index (χ3n) is 2.17. The molecule has 1 aromatic rings. The maximum atomic E-state index is 4.42. The number of anilines is 2. The van der Waals surface area contributed by atoms with Gasteiger partial charge in [-0.1, -0.05) is 13.8 Å². The lowest BCUT2D eigenvalue weighted by molar-refractivity contribution is 0.606. The van der Waals surface area contributed by atoms with Crippen molar-refractivity contribution >= 4 is 11.8 Å². The number of hydrogen-bond acceptors (Lipinski definition) is 4. The molecular formula is C13H24N4. The molecule has 0 unspecified atom stereocenters. The van der Waals surface area contributed by atoms with Crippen molar-refractivity contribution in [1.82, 2.24) is 9.97 Å². The molecule has 0 atom stereocenters. The van der Waals surface area contributed by atoms with Crippen molar-refractivity contribution in [1.29, 1.82) is 0 Å². The second-order valence-electron chi connectivity index (χ2n) is 5.75. The Bertz CT molecular complexity index is 342. The Morgan fingerprint density at radius 1 is 1.29 bits per heavy atom. The number of rotatable bonds is 5. The Balaban J connectivity index is 2.54. The molecule has 0 aliphatic carbocycles. The fourth-order valence-electron chi connectivity index (χ4n) is 1.34. The van der Waals surface area contributed by atoms with Crippen LogP contribution in [0.1, 0.15) is 41.0 Å². The van der Waals surface area contributed by atoms with E-state index in [1.165, 1.54) is 0 Å². The normalized spacial score (nSPS) is 11.6. The fraction of sp³-hybridized carbons (Fsp3) is 0.692. The van der Waals surface area contributed by atoms with Gasteiger partial charge < -0.3 is 10.6 Å². The van der Waals surface area contributed by atoms with E-state index in [1.807, 2.05) is 6.07 Å². The molecule has 17 heavy (non-hydrogen) atoms. The Morgan fingerprint density at radius 3 is 2.59 bits per heavy atom. The van der Waals surface area contributed by atoms with Crippen LogP contribution in [0.25, 0.3) is 0 Å². The van der Waals surface area contributed by atoms with Gasteiger partial charge >= 0.3 is 0 Å². The summed E-state index contributed by atoms with van der Waals surface area (Å²) in [5.74, 6) is 2.26. The van der Waals surface area contributed by atoms with Gasteiger partial charge in [0, 0.05) is 18.3 Å². The summed E-state index contributed by atoms with van der Waals surface area (Å²) in [5.41, 5.74) is -0.0173. The van der Waals surface area contributed by atoms with Crippen molar-refractivity contribution in [2.24, 2.45) is 5.92 Å². The summed E-state index contributed by atoms with van der Waals surface area (Å²) in [6.45, 7) is 11.7. The fourth-order valence-corrected chi connectivity index (χ4v) is 1.34. The molecule has 0 amide bonds. The number of aromatic nitrogens is 2. The van der Waals surface area contributed by atoms with Gasteiger partial charge in [0.15, 0.2) is 0 Å². The van der Waals surface area contributed by atoms with Crippen molar-refractivity contribution in [3.05, 3.63) is 12.3 Å². The first-order valence-corrected chi connectivity index (χ1v) is 6.22. The van der Waals surface area contributed by atoms with Crippen molar-refractivity contribution < 1.29 is 0 Å². The second kappa shape index (κ2) is 5.84. The SMILES string of the molecule is CC(C)CCNc1ccnc(NC(C)(C)C)n1. The van der Waals surface area contributed by atoms with Gasteiger partial charge in [-0.2, -0.15) is 4.98 Å². The molecule has 0 saturated heterocycles. The molecule has 4 heteroatoms. The highest BCUT2D eigenvalue weighted by Crippen LogP contribution is 2.12. The monoisotopic (exact) mass is 236 g/mol. The highest BCUT2D eigenvalue weighted by molar-refractivity contribution is 5.40. The van der Waals surface area contributed by atoms with Crippen LogP contribution in [0.3, 0.4) is 0 Å². The number of nitrogens with zero attached hydrogens (tertiary/aromatic N) is 2. The molecule has 1 aromatic heterocycles. The Labute approximate surface area is 104 Å². The predicted molar refractivity (Wildman–Crippen MR) is 73.4 cm³/mol. The van der Waals surface area contributed by atoms with E-state index in [1.54, 1.807) is 6.20 Å². The molecule has 1 heterocycles. The maximum Gasteiger partial charge on any atom is 0.224 e. The summed E-state index contributed by atoms with van der Waals surface area (Å²) < 4.78 is 0. The summed E-state index contributed by atoms with van der Waals surface area (Å²) in [7, 11) is 0. The van der Waals surface area contributed by atoms with Crippen LogP contribution in [0.4, 0.5) is 11.8 Å². The van der Waals surface area contributed by atoms with Crippen molar-refractivity contribution in [3.63, 3.8) is 0 Å². The molecule has 0 aliphatic rings. The van der Waals surface area contributed by atoms with E-state index in [9.17, 15) is 0 Å². The third-order valence-corrected chi connectivity index (χ3v) is 2.17. The van der Waals surface area contributed by atoms with E-state index in [0.717, 1.165) is 18.8 Å². The molecule has 0 bridgehead atoms. The van der Waals surface area contributed by atoms with Crippen LogP contribution in [0.15, 0.2) is 12.3 Å². The van der Waals surface area contributed by atoms with E-state index in [4.69, 9.17) is 0 Å². The van der Waals surface area contributed by atoms with Gasteiger partial charge in [-0.05, 0) is 39.2 Å². The Hall–Kier alpha value is -1.32. The standard InChI is InChI=1S/C13H24N4/c1-10(2)6-8-14-11-7-9-15-12(16-11)17-13(3,4)5/h7,9-10H,6,8H2,1-5H3,(H2,14,15,16,17). The third kappa shape index (κ3) is 6.09. The zero-order valence-corrected chi connectivity index (χ0v) is 11.5.